The molecule has 0 atom stereocenters. The minimum Gasteiger partial charge on any atom is -0.386 e. The normalized spacial score (nSPS) is 13.7. The van der Waals surface area contributed by atoms with Crippen molar-refractivity contribution in [3.05, 3.63) is 29.3 Å². The summed E-state index contributed by atoms with van der Waals surface area (Å²) in [6.45, 7) is 8.53. The highest BCUT2D eigenvalue weighted by Crippen LogP contribution is 2.42. The van der Waals surface area contributed by atoms with Crippen molar-refractivity contribution in [2.24, 2.45) is 0 Å². The molecular weight excluding hydrogens is 273 g/mol. The Morgan fingerprint density at radius 3 is 1.89 bits per heavy atom. The monoisotopic (exact) mass is 292 g/mol. The summed E-state index contributed by atoms with van der Waals surface area (Å²) >= 11 is 1.17. The third kappa shape index (κ3) is 4.73. The fraction of sp³-hybridized carbons (Fsp3) is 0.571. The third-order valence-corrected chi connectivity index (χ3v) is 3.60. The molecule has 0 fully saturated rings. The summed E-state index contributed by atoms with van der Waals surface area (Å²) in [5, 5.41) is 9.83. The van der Waals surface area contributed by atoms with Crippen LogP contribution in [0, 0.1) is 0 Å². The highest BCUT2D eigenvalue weighted by Gasteiger charge is 2.36. The molecule has 0 unspecified atom stereocenters. The first-order chi connectivity index (χ1) is 8.31. The molecule has 0 saturated heterocycles. The van der Waals surface area contributed by atoms with Crippen LogP contribution in [0.15, 0.2) is 23.1 Å². The van der Waals surface area contributed by atoms with Crippen molar-refractivity contribution >= 4 is 11.8 Å². The standard InChI is InChI=1S/C14H19F3OS/c1-12(2,3)19-11-7-6-9(13(4,5)18)8-10(11)14(15,16)17/h6-8,18H,1-5H3. The fourth-order valence-electron chi connectivity index (χ4n) is 1.55. The van der Waals surface area contributed by atoms with E-state index in [2.05, 4.69) is 0 Å². The molecule has 0 amide bonds. The number of halogens is 3. The Morgan fingerprint density at radius 1 is 1.00 bits per heavy atom. The Morgan fingerprint density at radius 2 is 1.53 bits per heavy atom. The molecule has 0 aliphatic carbocycles. The van der Waals surface area contributed by atoms with Crippen molar-refractivity contribution in [1.29, 1.82) is 0 Å². The number of alkyl halides is 3. The van der Waals surface area contributed by atoms with Gasteiger partial charge in [-0.25, -0.2) is 0 Å². The van der Waals surface area contributed by atoms with E-state index in [1.165, 1.54) is 31.7 Å². The van der Waals surface area contributed by atoms with Gasteiger partial charge in [-0.1, -0.05) is 26.8 Å². The van der Waals surface area contributed by atoms with Crippen molar-refractivity contribution in [2.45, 2.75) is 56.0 Å². The molecule has 5 heteroatoms. The zero-order valence-corrected chi connectivity index (χ0v) is 12.5. The second-order valence-corrected chi connectivity index (χ2v) is 7.85. The van der Waals surface area contributed by atoms with Gasteiger partial charge in [0.05, 0.1) is 11.2 Å². The molecule has 0 heterocycles. The van der Waals surface area contributed by atoms with E-state index in [-0.39, 0.29) is 15.2 Å². The maximum absolute atomic E-state index is 13.1. The van der Waals surface area contributed by atoms with E-state index >= 15 is 0 Å². The lowest BCUT2D eigenvalue weighted by molar-refractivity contribution is -0.139. The third-order valence-electron chi connectivity index (χ3n) is 2.41. The Bertz CT molecular complexity index is 453. The van der Waals surface area contributed by atoms with Gasteiger partial charge in [0.25, 0.3) is 0 Å². The molecule has 0 aliphatic heterocycles. The zero-order valence-electron chi connectivity index (χ0n) is 11.7. The Hall–Kier alpha value is -0.680. The van der Waals surface area contributed by atoms with E-state index in [9.17, 15) is 18.3 Å². The number of hydrogen-bond acceptors (Lipinski definition) is 2. The SMILES string of the molecule is CC(C)(C)Sc1ccc(C(C)(C)O)cc1C(F)(F)F. The molecule has 0 aromatic heterocycles. The van der Waals surface area contributed by atoms with E-state index in [0.29, 0.717) is 0 Å². The summed E-state index contributed by atoms with van der Waals surface area (Å²) in [5.74, 6) is 0. The number of aliphatic hydroxyl groups is 1. The molecule has 1 aromatic rings. The Balaban J connectivity index is 3.34. The van der Waals surface area contributed by atoms with Crippen LogP contribution in [-0.4, -0.2) is 9.85 Å². The van der Waals surface area contributed by atoms with E-state index in [1.54, 1.807) is 6.07 Å². The van der Waals surface area contributed by atoms with Crippen LogP contribution >= 0.6 is 11.8 Å². The first kappa shape index (κ1) is 16.4. The van der Waals surface area contributed by atoms with Crippen molar-refractivity contribution in [3.8, 4) is 0 Å². The lowest BCUT2D eigenvalue weighted by atomic mass is 9.96. The minimum absolute atomic E-state index is 0.188. The molecule has 19 heavy (non-hydrogen) atoms. The first-order valence-corrected chi connectivity index (χ1v) is 6.75. The molecule has 108 valence electrons. The fourth-order valence-corrected chi connectivity index (χ4v) is 2.63. The lowest BCUT2D eigenvalue weighted by Gasteiger charge is -2.24. The van der Waals surface area contributed by atoms with E-state index in [1.807, 2.05) is 20.8 Å². The second kappa shape index (κ2) is 5.02. The van der Waals surface area contributed by atoms with Gasteiger partial charge >= 0.3 is 6.18 Å². The maximum Gasteiger partial charge on any atom is 0.417 e. The summed E-state index contributed by atoms with van der Waals surface area (Å²) in [4.78, 5) is 0.188. The molecule has 1 rings (SSSR count). The quantitative estimate of drug-likeness (QED) is 0.788. The highest BCUT2D eigenvalue weighted by atomic mass is 32.2. The summed E-state index contributed by atoms with van der Waals surface area (Å²) < 4.78 is 39.0. The molecule has 1 N–H and O–H groups in total. The number of rotatable bonds is 2. The molecule has 0 aliphatic rings. The Kier molecular flexibility index (Phi) is 4.32. The van der Waals surface area contributed by atoms with E-state index < -0.39 is 17.3 Å². The van der Waals surface area contributed by atoms with Crippen LogP contribution in [-0.2, 0) is 11.8 Å². The molecule has 0 saturated carbocycles. The minimum atomic E-state index is -4.42. The average Bonchev–Trinajstić information content (AvgIpc) is 2.11. The van der Waals surface area contributed by atoms with Gasteiger partial charge < -0.3 is 5.11 Å². The van der Waals surface area contributed by atoms with Gasteiger partial charge in [-0.15, -0.1) is 11.8 Å². The number of hydrogen-bond donors (Lipinski definition) is 1. The van der Waals surface area contributed by atoms with Gasteiger partial charge in [0, 0.05) is 9.64 Å². The van der Waals surface area contributed by atoms with Crippen LogP contribution in [0.4, 0.5) is 13.2 Å². The van der Waals surface area contributed by atoms with E-state index in [4.69, 9.17) is 0 Å². The number of benzene rings is 1. The molecular formula is C14H19F3OS. The summed E-state index contributed by atoms with van der Waals surface area (Å²) in [6.07, 6.45) is -4.42. The predicted molar refractivity (Wildman–Crippen MR) is 72.3 cm³/mol. The predicted octanol–water partition coefficient (Wildman–Crippen LogP) is 4.82. The van der Waals surface area contributed by atoms with Gasteiger partial charge in [-0.05, 0) is 31.5 Å². The summed E-state index contributed by atoms with van der Waals surface area (Å²) in [6, 6.07) is 4.02. The van der Waals surface area contributed by atoms with Crippen molar-refractivity contribution in [2.75, 3.05) is 0 Å². The largest absolute Gasteiger partial charge is 0.417 e. The van der Waals surface area contributed by atoms with Crippen LogP contribution < -0.4 is 0 Å². The van der Waals surface area contributed by atoms with Crippen molar-refractivity contribution in [1.82, 2.24) is 0 Å². The van der Waals surface area contributed by atoms with Gasteiger partial charge in [-0.2, -0.15) is 13.2 Å². The molecule has 1 aromatic carbocycles. The summed E-state index contributed by atoms with van der Waals surface area (Å²) in [5.41, 5.74) is -1.71. The van der Waals surface area contributed by atoms with Crippen molar-refractivity contribution < 1.29 is 18.3 Å². The Labute approximate surface area is 116 Å². The molecule has 0 radical (unpaired) electrons. The van der Waals surface area contributed by atoms with Crippen LogP contribution in [0.3, 0.4) is 0 Å². The van der Waals surface area contributed by atoms with Gasteiger partial charge in [0.2, 0.25) is 0 Å². The van der Waals surface area contributed by atoms with Crippen LogP contribution in [0.1, 0.15) is 45.7 Å². The van der Waals surface area contributed by atoms with Crippen LogP contribution in [0.25, 0.3) is 0 Å². The summed E-state index contributed by atoms with van der Waals surface area (Å²) in [7, 11) is 0. The number of thioether (sulfide) groups is 1. The average molecular weight is 292 g/mol. The maximum atomic E-state index is 13.1. The lowest BCUT2D eigenvalue weighted by Crippen LogP contribution is -2.18. The van der Waals surface area contributed by atoms with Gasteiger partial charge in [0.15, 0.2) is 0 Å². The second-order valence-electron chi connectivity index (χ2n) is 5.98. The first-order valence-electron chi connectivity index (χ1n) is 5.94. The highest BCUT2D eigenvalue weighted by molar-refractivity contribution is 8.00. The smallest absolute Gasteiger partial charge is 0.386 e. The molecule has 0 spiro atoms. The van der Waals surface area contributed by atoms with Crippen molar-refractivity contribution in [3.63, 3.8) is 0 Å². The van der Waals surface area contributed by atoms with Crippen LogP contribution in [0.5, 0.6) is 0 Å². The van der Waals surface area contributed by atoms with Gasteiger partial charge in [-0.3, -0.25) is 0 Å². The van der Waals surface area contributed by atoms with Crippen LogP contribution in [0.2, 0.25) is 0 Å². The molecule has 1 nitrogen and oxygen atoms in total. The molecule has 0 bridgehead atoms. The van der Waals surface area contributed by atoms with E-state index in [0.717, 1.165) is 6.07 Å². The zero-order chi connectivity index (χ0) is 15.1. The van der Waals surface area contributed by atoms with Gasteiger partial charge in [0.1, 0.15) is 0 Å². The topological polar surface area (TPSA) is 20.2 Å².